The lowest BCUT2D eigenvalue weighted by Crippen LogP contribution is -2.49. The van der Waals surface area contributed by atoms with E-state index >= 15 is 0 Å². The summed E-state index contributed by atoms with van der Waals surface area (Å²) in [5, 5.41) is 0. The maximum Gasteiger partial charge on any atom is 0.238 e. The lowest BCUT2D eigenvalue weighted by Gasteiger charge is -2.38. The summed E-state index contributed by atoms with van der Waals surface area (Å²) < 4.78 is 41.3. The van der Waals surface area contributed by atoms with E-state index in [0.717, 1.165) is 12.3 Å². The van der Waals surface area contributed by atoms with Gasteiger partial charge in [-0.1, -0.05) is 0 Å². The van der Waals surface area contributed by atoms with Gasteiger partial charge in [-0.05, 0) is 13.8 Å². The van der Waals surface area contributed by atoms with Crippen molar-refractivity contribution in [1.82, 2.24) is 29.5 Å². The molecule has 182 valence electrons. The average Bonchev–Trinajstić information content (AvgIpc) is 3.18. The quantitative estimate of drug-likeness (QED) is 0.543. The summed E-state index contributed by atoms with van der Waals surface area (Å²) in [6.07, 6.45) is 4.23. The van der Waals surface area contributed by atoms with Crippen LogP contribution < -0.4 is 15.5 Å². The van der Waals surface area contributed by atoms with Gasteiger partial charge in [0.15, 0.2) is 5.82 Å². The second kappa shape index (κ2) is 9.43. The van der Waals surface area contributed by atoms with Gasteiger partial charge in [-0.2, -0.15) is 15.0 Å². The summed E-state index contributed by atoms with van der Waals surface area (Å²) in [7, 11) is 3.26. The van der Waals surface area contributed by atoms with Crippen molar-refractivity contribution in [1.29, 1.82) is 0 Å². The first-order chi connectivity index (χ1) is 16.2. The molecule has 13 heteroatoms. The smallest absolute Gasteiger partial charge is 0.238 e. The van der Waals surface area contributed by atoms with Crippen molar-refractivity contribution in [2.45, 2.75) is 25.5 Å². The fourth-order valence-corrected chi connectivity index (χ4v) is 3.83. The van der Waals surface area contributed by atoms with E-state index in [1.54, 1.807) is 29.0 Å². The molecule has 0 saturated carbocycles. The van der Waals surface area contributed by atoms with Crippen LogP contribution in [0.4, 0.5) is 32.4 Å². The van der Waals surface area contributed by atoms with Crippen LogP contribution >= 0.6 is 0 Å². The molecule has 1 saturated heterocycles. The Labute approximate surface area is 195 Å². The van der Waals surface area contributed by atoms with Gasteiger partial charge < -0.3 is 24.7 Å². The Morgan fingerprint density at radius 3 is 2.71 bits per heavy atom. The molecule has 3 aromatic heterocycles. The molecule has 0 spiro atoms. The predicted molar refractivity (Wildman–Crippen MR) is 121 cm³/mol. The number of imidazole rings is 1. The molecule has 4 heterocycles. The Bertz CT molecular complexity index is 1160. The number of anilines is 4. The highest BCUT2D eigenvalue weighted by atomic mass is 19.1. The number of nitrogens with two attached hydrogens (primary N) is 1. The molecule has 0 amide bonds. The van der Waals surface area contributed by atoms with E-state index in [9.17, 15) is 8.78 Å². The number of rotatable bonds is 7. The minimum atomic E-state index is -0.878. The van der Waals surface area contributed by atoms with Gasteiger partial charge in [-0.25, -0.2) is 13.8 Å². The predicted octanol–water partition coefficient (Wildman–Crippen LogP) is 2.00. The molecule has 1 fully saturated rings. The molecule has 0 radical (unpaired) electrons. The first-order valence-corrected chi connectivity index (χ1v) is 10.6. The number of halogens is 2. The van der Waals surface area contributed by atoms with Gasteiger partial charge in [-0.15, -0.1) is 0 Å². The number of aromatic nitrogens is 6. The first-order valence-electron chi connectivity index (χ1n) is 10.6. The number of hydrogen-bond acceptors (Lipinski definition) is 10. The number of methoxy groups -OCH3 is 1. The molecule has 4 rings (SSSR count). The van der Waals surface area contributed by atoms with Crippen LogP contribution in [0.15, 0.2) is 24.8 Å². The molecule has 1 aliphatic heterocycles. The van der Waals surface area contributed by atoms with Crippen LogP contribution in [0.25, 0.3) is 0 Å². The fraction of sp³-hybridized carbons (Fsp3) is 0.476. The number of pyridine rings is 1. The third-order valence-electron chi connectivity index (χ3n) is 5.28. The standard InChI is InChI=1S/C21H27F2N9O2/c1-21(2)11-31(5-6-34-21)19-27-18(24)28-20(29-19)32(16-9-30(3)12-26-16)15(10-33-4)17-14(23)7-13(22)8-25-17/h7-9,12,15H,5-6,10-11H2,1-4H3,(H2,24,27,28,29)/t15-/m0/s1. The zero-order chi connectivity index (χ0) is 24.5. The summed E-state index contributed by atoms with van der Waals surface area (Å²) in [5.74, 6) is -0.770. The van der Waals surface area contributed by atoms with Crippen molar-refractivity contribution >= 4 is 23.7 Å². The molecule has 3 aromatic rings. The third kappa shape index (κ3) is 5.04. The van der Waals surface area contributed by atoms with E-state index in [0.29, 0.717) is 31.5 Å². The maximum absolute atomic E-state index is 14.8. The van der Waals surface area contributed by atoms with Crippen LogP contribution in [0.5, 0.6) is 0 Å². The van der Waals surface area contributed by atoms with Crippen molar-refractivity contribution in [3.8, 4) is 0 Å². The molecule has 2 N–H and O–H groups in total. The first kappa shape index (κ1) is 23.7. The van der Waals surface area contributed by atoms with E-state index in [2.05, 4.69) is 24.9 Å². The number of hydrogen-bond donors (Lipinski definition) is 1. The maximum atomic E-state index is 14.8. The Balaban J connectivity index is 1.84. The molecule has 0 bridgehead atoms. The van der Waals surface area contributed by atoms with Crippen molar-refractivity contribution < 1.29 is 18.3 Å². The van der Waals surface area contributed by atoms with Gasteiger partial charge >= 0.3 is 0 Å². The molecule has 11 nitrogen and oxygen atoms in total. The van der Waals surface area contributed by atoms with E-state index in [4.69, 9.17) is 15.2 Å². The van der Waals surface area contributed by atoms with Gasteiger partial charge in [0.05, 0.1) is 31.3 Å². The van der Waals surface area contributed by atoms with Crippen LogP contribution in [0, 0.1) is 11.6 Å². The summed E-state index contributed by atoms with van der Waals surface area (Å²) in [4.78, 5) is 25.2. The van der Waals surface area contributed by atoms with Gasteiger partial charge in [-0.3, -0.25) is 9.88 Å². The number of ether oxygens (including phenoxy) is 2. The molecule has 0 unspecified atom stereocenters. The zero-order valence-electron chi connectivity index (χ0n) is 19.4. The number of aryl methyl sites for hydroxylation is 1. The second-order valence-electron chi connectivity index (χ2n) is 8.58. The van der Waals surface area contributed by atoms with Crippen LogP contribution in [-0.2, 0) is 16.5 Å². The largest absolute Gasteiger partial charge is 0.382 e. The summed E-state index contributed by atoms with van der Waals surface area (Å²) in [6.45, 7) is 5.53. The second-order valence-corrected chi connectivity index (χ2v) is 8.58. The SMILES string of the molecule is COC[C@@H](c1ncc(F)cc1F)N(c1cn(C)cn1)c1nc(N)nc(N2CCOC(C)(C)C2)n1. The zero-order valence-corrected chi connectivity index (χ0v) is 19.4. The molecule has 1 aliphatic rings. The Morgan fingerprint density at radius 2 is 2.06 bits per heavy atom. The van der Waals surface area contributed by atoms with Crippen LogP contribution in [0.1, 0.15) is 25.6 Å². The lowest BCUT2D eigenvalue weighted by atomic mass is 10.1. The highest BCUT2D eigenvalue weighted by molar-refractivity contribution is 5.57. The van der Waals surface area contributed by atoms with Gasteiger partial charge in [0, 0.05) is 39.5 Å². The number of morpholine rings is 1. The number of nitrogens with zero attached hydrogens (tertiary/aromatic N) is 8. The fourth-order valence-electron chi connectivity index (χ4n) is 3.83. The highest BCUT2D eigenvalue weighted by Crippen LogP contribution is 2.34. The topological polar surface area (TPSA) is 120 Å². The number of nitrogen functional groups attached to an aromatic ring is 1. The third-order valence-corrected chi connectivity index (χ3v) is 5.28. The van der Waals surface area contributed by atoms with E-state index < -0.39 is 23.3 Å². The van der Waals surface area contributed by atoms with E-state index in [1.807, 2.05) is 18.7 Å². The average molecular weight is 476 g/mol. The molecule has 34 heavy (non-hydrogen) atoms. The molecule has 0 aliphatic carbocycles. The highest BCUT2D eigenvalue weighted by Gasteiger charge is 2.33. The summed E-state index contributed by atoms with van der Waals surface area (Å²) in [5.41, 5.74) is 5.62. The van der Waals surface area contributed by atoms with Crippen molar-refractivity contribution in [3.63, 3.8) is 0 Å². The van der Waals surface area contributed by atoms with Gasteiger partial charge in [0.1, 0.15) is 23.4 Å². The molecule has 0 aromatic carbocycles. The summed E-state index contributed by atoms with van der Waals surface area (Å²) >= 11 is 0. The summed E-state index contributed by atoms with van der Waals surface area (Å²) in [6, 6.07) is -0.110. The molecule has 1 atom stereocenters. The Kier molecular flexibility index (Phi) is 6.57. The van der Waals surface area contributed by atoms with Gasteiger partial charge in [0.2, 0.25) is 17.8 Å². The van der Waals surface area contributed by atoms with Crippen molar-refractivity contribution in [2.75, 3.05) is 48.9 Å². The van der Waals surface area contributed by atoms with E-state index in [-0.39, 0.29) is 24.2 Å². The Morgan fingerprint density at radius 1 is 1.26 bits per heavy atom. The molecular formula is C21H27F2N9O2. The normalized spacial score (nSPS) is 16.5. The van der Waals surface area contributed by atoms with E-state index in [1.165, 1.54) is 7.11 Å². The molecular weight excluding hydrogens is 448 g/mol. The van der Waals surface area contributed by atoms with Crippen LogP contribution in [-0.4, -0.2) is 68.5 Å². The van der Waals surface area contributed by atoms with Crippen LogP contribution in [0.2, 0.25) is 0 Å². The monoisotopic (exact) mass is 475 g/mol. The van der Waals surface area contributed by atoms with Crippen molar-refractivity contribution in [2.24, 2.45) is 7.05 Å². The van der Waals surface area contributed by atoms with Crippen molar-refractivity contribution in [3.05, 3.63) is 42.1 Å². The minimum absolute atomic E-state index is 0.0162. The minimum Gasteiger partial charge on any atom is -0.382 e. The Hall–Kier alpha value is -3.45. The van der Waals surface area contributed by atoms with Gasteiger partial charge in [0.25, 0.3) is 0 Å². The lowest BCUT2D eigenvalue weighted by molar-refractivity contribution is -0.0281. The van der Waals surface area contributed by atoms with Crippen LogP contribution in [0.3, 0.4) is 0 Å².